The number of carbonyl (C=O) groups is 2. The second kappa shape index (κ2) is 9.11. The maximum atomic E-state index is 12.4. The van der Waals surface area contributed by atoms with E-state index < -0.39 is 6.10 Å². The Morgan fingerprint density at radius 3 is 2.83 bits per heavy atom. The zero-order chi connectivity index (χ0) is 21.0. The predicted molar refractivity (Wildman–Crippen MR) is 112 cm³/mol. The number of carbonyl (C=O) groups excluding carboxylic acids is 2. The molecule has 0 bridgehead atoms. The van der Waals surface area contributed by atoms with E-state index in [9.17, 15) is 9.59 Å². The molecule has 9 heteroatoms. The molecule has 152 valence electrons. The molecule has 0 fully saturated rings. The summed E-state index contributed by atoms with van der Waals surface area (Å²) < 4.78 is 11.4. The summed E-state index contributed by atoms with van der Waals surface area (Å²) in [5.74, 6) is 1.33. The van der Waals surface area contributed by atoms with Gasteiger partial charge in [0.1, 0.15) is 17.2 Å². The molecule has 3 aromatic rings. The summed E-state index contributed by atoms with van der Waals surface area (Å²) >= 11 is 7.22. The number of aryl methyl sites for hydroxylation is 1. The second-order valence-corrected chi connectivity index (χ2v) is 7.67. The zero-order valence-corrected chi connectivity index (χ0v) is 17.7. The number of halogens is 1. The van der Waals surface area contributed by atoms with Gasteiger partial charge in [0.25, 0.3) is 5.91 Å². The molecule has 0 spiro atoms. The number of amides is 2. The quantitative estimate of drug-likeness (QED) is 0.575. The van der Waals surface area contributed by atoms with Crippen LogP contribution in [0.3, 0.4) is 0 Å². The van der Waals surface area contributed by atoms with Crippen LogP contribution in [-0.2, 0) is 16.1 Å². The summed E-state index contributed by atoms with van der Waals surface area (Å²) in [5.41, 5.74) is 1.45. The van der Waals surface area contributed by atoms with Crippen molar-refractivity contribution < 1.29 is 18.7 Å². The zero-order valence-electron chi connectivity index (χ0n) is 16.1. The van der Waals surface area contributed by atoms with Crippen molar-refractivity contribution in [3.05, 3.63) is 52.1 Å². The summed E-state index contributed by atoms with van der Waals surface area (Å²) in [6.07, 6.45) is -0.713. The van der Waals surface area contributed by atoms with E-state index in [2.05, 4.69) is 15.6 Å². The first-order chi connectivity index (χ1) is 13.8. The van der Waals surface area contributed by atoms with Gasteiger partial charge >= 0.3 is 0 Å². The van der Waals surface area contributed by atoms with E-state index in [0.29, 0.717) is 39.7 Å². The van der Waals surface area contributed by atoms with Gasteiger partial charge in [-0.05, 0) is 49.7 Å². The van der Waals surface area contributed by atoms with Crippen molar-refractivity contribution in [1.29, 1.82) is 0 Å². The molecule has 0 radical (unpaired) electrons. The Morgan fingerprint density at radius 2 is 2.10 bits per heavy atom. The van der Waals surface area contributed by atoms with Crippen LogP contribution in [0, 0.1) is 6.92 Å². The fraction of sp³-hybridized carbons (Fsp3) is 0.250. The Morgan fingerprint density at radius 1 is 1.31 bits per heavy atom. The van der Waals surface area contributed by atoms with Gasteiger partial charge in [-0.2, -0.15) is 0 Å². The lowest BCUT2D eigenvalue weighted by molar-refractivity contribution is -0.122. The first-order valence-corrected chi connectivity index (χ1v) is 10.1. The van der Waals surface area contributed by atoms with Crippen molar-refractivity contribution in [2.24, 2.45) is 0 Å². The normalized spacial score (nSPS) is 11.7. The molecule has 2 aromatic heterocycles. The van der Waals surface area contributed by atoms with E-state index in [0.717, 1.165) is 5.56 Å². The molecule has 0 saturated carbocycles. The summed E-state index contributed by atoms with van der Waals surface area (Å²) in [6.45, 7) is 5.28. The molecule has 1 atom stereocenters. The fourth-order valence-corrected chi connectivity index (χ4v) is 3.39. The smallest absolute Gasteiger partial charge is 0.266 e. The number of ether oxygens (including phenoxy) is 1. The number of nitrogens with zero attached hydrogens (tertiary/aromatic N) is 1. The third-order valence-electron chi connectivity index (χ3n) is 3.97. The van der Waals surface area contributed by atoms with Gasteiger partial charge < -0.3 is 14.5 Å². The summed E-state index contributed by atoms with van der Waals surface area (Å²) in [4.78, 5) is 27.8. The number of aromatic nitrogens is 1. The molecule has 29 heavy (non-hydrogen) atoms. The van der Waals surface area contributed by atoms with Crippen LogP contribution < -0.4 is 15.4 Å². The standard InChI is InChI=1S/C20H20ClN3O4S/c1-11-8-14(21)4-6-17(11)27-12(2)19(26)24-20-23-16(10-29-20)18-7-5-15(28-18)9-22-13(3)25/h4-8,10,12H,9H2,1-3H3,(H,22,25)(H,23,24,26). The Kier molecular flexibility index (Phi) is 6.56. The average molecular weight is 434 g/mol. The highest BCUT2D eigenvalue weighted by atomic mass is 35.5. The van der Waals surface area contributed by atoms with Crippen molar-refractivity contribution in [1.82, 2.24) is 10.3 Å². The molecule has 7 nitrogen and oxygen atoms in total. The Bertz CT molecular complexity index is 1030. The van der Waals surface area contributed by atoms with Crippen LogP contribution in [0.2, 0.25) is 5.02 Å². The summed E-state index contributed by atoms with van der Waals surface area (Å²) in [5, 5.41) is 8.25. The van der Waals surface area contributed by atoms with Gasteiger partial charge in [-0.15, -0.1) is 11.3 Å². The van der Waals surface area contributed by atoms with Gasteiger partial charge in [-0.1, -0.05) is 11.6 Å². The molecule has 0 aliphatic heterocycles. The van der Waals surface area contributed by atoms with Gasteiger partial charge in [0, 0.05) is 17.3 Å². The number of benzene rings is 1. The van der Waals surface area contributed by atoms with Gasteiger partial charge in [0.05, 0.1) is 6.54 Å². The van der Waals surface area contributed by atoms with E-state index in [1.54, 1.807) is 42.6 Å². The van der Waals surface area contributed by atoms with Crippen molar-refractivity contribution in [2.45, 2.75) is 33.4 Å². The number of rotatable bonds is 7. The highest BCUT2D eigenvalue weighted by Gasteiger charge is 2.18. The molecule has 2 heterocycles. The van der Waals surface area contributed by atoms with Crippen molar-refractivity contribution in [3.63, 3.8) is 0 Å². The van der Waals surface area contributed by atoms with Crippen molar-refractivity contribution in [2.75, 3.05) is 5.32 Å². The number of furan rings is 1. The highest BCUT2D eigenvalue weighted by molar-refractivity contribution is 7.14. The van der Waals surface area contributed by atoms with Gasteiger partial charge in [0.15, 0.2) is 17.0 Å². The number of anilines is 1. The van der Waals surface area contributed by atoms with E-state index in [-0.39, 0.29) is 11.8 Å². The minimum Gasteiger partial charge on any atom is -0.481 e. The molecule has 1 unspecified atom stereocenters. The SMILES string of the molecule is CC(=O)NCc1ccc(-c2csc(NC(=O)C(C)Oc3ccc(Cl)cc3C)n2)o1. The van der Waals surface area contributed by atoms with Crippen LogP contribution in [-0.4, -0.2) is 22.9 Å². The monoisotopic (exact) mass is 433 g/mol. The number of thiazole rings is 1. The topological polar surface area (TPSA) is 93.5 Å². The first kappa shape index (κ1) is 20.9. The minimum absolute atomic E-state index is 0.133. The molecule has 0 aliphatic rings. The third-order valence-corrected chi connectivity index (χ3v) is 4.96. The maximum absolute atomic E-state index is 12.4. The number of nitrogens with one attached hydrogen (secondary N) is 2. The molecule has 0 aliphatic carbocycles. The number of hydrogen-bond donors (Lipinski definition) is 2. The predicted octanol–water partition coefficient (Wildman–Crippen LogP) is 4.41. The Hall–Kier alpha value is -2.84. The first-order valence-electron chi connectivity index (χ1n) is 8.84. The molecule has 0 saturated heterocycles. The van der Waals surface area contributed by atoms with Gasteiger partial charge in [-0.25, -0.2) is 4.98 Å². The molecule has 1 aromatic carbocycles. The van der Waals surface area contributed by atoms with Crippen LogP contribution >= 0.6 is 22.9 Å². The van der Waals surface area contributed by atoms with Crippen LogP contribution in [0.15, 0.2) is 40.1 Å². The van der Waals surface area contributed by atoms with E-state index in [1.807, 2.05) is 6.92 Å². The van der Waals surface area contributed by atoms with E-state index >= 15 is 0 Å². The Balaban J connectivity index is 1.60. The molecule has 2 amide bonds. The van der Waals surface area contributed by atoms with Crippen molar-refractivity contribution in [3.8, 4) is 17.2 Å². The minimum atomic E-state index is -0.713. The Labute approximate surface area is 177 Å². The van der Waals surface area contributed by atoms with Gasteiger partial charge in [-0.3, -0.25) is 14.9 Å². The largest absolute Gasteiger partial charge is 0.481 e. The lowest BCUT2D eigenvalue weighted by atomic mass is 10.2. The van der Waals surface area contributed by atoms with Crippen LogP contribution in [0.1, 0.15) is 25.2 Å². The lowest BCUT2D eigenvalue weighted by Crippen LogP contribution is -2.30. The van der Waals surface area contributed by atoms with E-state index in [1.165, 1.54) is 18.3 Å². The number of hydrogen-bond acceptors (Lipinski definition) is 6. The molecule has 3 rings (SSSR count). The van der Waals surface area contributed by atoms with Crippen LogP contribution in [0.25, 0.3) is 11.5 Å². The maximum Gasteiger partial charge on any atom is 0.266 e. The van der Waals surface area contributed by atoms with E-state index in [4.69, 9.17) is 20.8 Å². The molecule has 2 N–H and O–H groups in total. The molecular formula is C20H20ClN3O4S. The average Bonchev–Trinajstić information content (AvgIpc) is 3.31. The van der Waals surface area contributed by atoms with Crippen LogP contribution in [0.5, 0.6) is 5.75 Å². The second-order valence-electron chi connectivity index (χ2n) is 6.37. The molecular weight excluding hydrogens is 414 g/mol. The summed E-state index contributed by atoms with van der Waals surface area (Å²) in [6, 6.07) is 8.77. The third kappa shape index (κ3) is 5.58. The lowest BCUT2D eigenvalue weighted by Gasteiger charge is -2.15. The van der Waals surface area contributed by atoms with Crippen molar-refractivity contribution >= 4 is 39.9 Å². The summed E-state index contributed by atoms with van der Waals surface area (Å²) in [7, 11) is 0. The fourth-order valence-electron chi connectivity index (χ4n) is 2.46. The van der Waals surface area contributed by atoms with Crippen LogP contribution in [0.4, 0.5) is 5.13 Å². The highest BCUT2D eigenvalue weighted by Crippen LogP contribution is 2.27. The van der Waals surface area contributed by atoms with Gasteiger partial charge in [0.2, 0.25) is 5.91 Å².